The Morgan fingerprint density at radius 2 is 2.09 bits per heavy atom. The van der Waals surface area contributed by atoms with Crippen LogP contribution in [0, 0.1) is 5.92 Å². The molecule has 66 valence electrons. The average molecular weight is 180 g/mol. The topological polar surface area (TPSA) is 38.3 Å². The Labute approximate surface area is 72.0 Å². The predicted octanol–water partition coefficient (Wildman–Crippen LogP) is 1.32. The van der Waals surface area contributed by atoms with E-state index in [-0.39, 0.29) is 17.9 Å². The molecule has 1 unspecified atom stereocenters. The fourth-order valence-corrected chi connectivity index (χ4v) is 0.487. The summed E-state index contributed by atoms with van der Waals surface area (Å²) in [5.74, 6) is -0.0584. The van der Waals surface area contributed by atoms with Crippen molar-refractivity contribution in [2.24, 2.45) is 5.92 Å². The molecule has 0 rings (SSSR count). The lowest BCUT2D eigenvalue weighted by Gasteiger charge is -2.10. The number of hydrogen-bond donors (Lipinski definition) is 1. The van der Waals surface area contributed by atoms with Gasteiger partial charge in [-0.2, -0.15) is 0 Å². The zero-order valence-corrected chi connectivity index (χ0v) is 7.81. The molecule has 0 aromatic carbocycles. The van der Waals surface area contributed by atoms with Gasteiger partial charge in [-0.05, 0) is 13.8 Å². The number of nitrogens with one attached hydrogen (secondary N) is 1. The molecule has 0 fully saturated rings. The third-order valence-electron chi connectivity index (χ3n) is 1.07. The van der Waals surface area contributed by atoms with Crippen LogP contribution in [0.3, 0.4) is 0 Å². The number of hydrogen-bond acceptors (Lipinski definition) is 2. The molecule has 0 aliphatic carbocycles. The van der Waals surface area contributed by atoms with E-state index in [4.69, 9.17) is 16.4 Å². The van der Waals surface area contributed by atoms with E-state index >= 15 is 0 Å². The summed E-state index contributed by atoms with van der Waals surface area (Å²) in [6.07, 6.45) is 0.00137. The van der Waals surface area contributed by atoms with E-state index < -0.39 is 0 Å². The van der Waals surface area contributed by atoms with E-state index in [0.29, 0.717) is 5.88 Å². The molecule has 1 atom stereocenters. The molecule has 0 saturated heterocycles. The fourth-order valence-electron chi connectivity index (χ4n) is 0.347. The van der Waals surface area contributed by atoms with Crippen LogP contribution in [0.4, 0.5) is 0 Å². The maximum atomic E-state index is 11.0. The van der Waals surface area contributed by atoms with Gasteiger partial charge in [0.2, 0.25) is 5.91 Å². The Hall–Kier alpha value is -0.280. The summed E-state index contributed by atoms with van der Waals surface area (Å²) >= 11 is 5.45. The van der Waals surface area contributed by atoms with Crippen LogP contribution in [0.15, 0.2) is 0 Å². The first-order valence-corrected chi connectivity index (χ1v) is 4.12. The third-order valence-corrected chi connectivity index (χ3v) is 1.54. The van der Waals surface area contributed by atoms with E-state index in [9.17, 15) is 4.79 Å². The van der Waals surface area contributed by atoms with Crippen LogP contribution >= 0.6 is 11.6 Å². The quantitative estimate of drug-likeness (QED) is 0.522. The van der Waals surface area contributed by atoms with Crippen molar-refractivity contribution in [1.29, 1.82) is 0 Å². The van der Waals surface area contributed by atoms with E-state index in [1.807, 2.05) is 13.8 Å². The molecule has 0 aromatic heterocycles. The number of rotatable bonds is 4. The van der Waals surface area contributed by atoms with Gasteiger partial charge in [-0.15, -0.1) is 11.6 Å². The van der Waals surface area contributed by atoms with Gasteiger partial charge in [0.25, 0.3) is 0 Å². The number of carbonyl (C=O) groups excluding carboxylic acids is 1. The minimum Gasteiger partial charge on any atom is -0.272 e. The van der Waals surface area contributed by atoms with Gasteiger partial charge >= 0.3 is 0 Å². The molecule has 0 radical (unpaired) electrons. The molecule has 0 heterocycles. The summed E-state index contributed by atoms with van der Waals surface area (Å²) in [6, 6.07) is 0. The lowest BCUT2D eigenvalue weighted by atomic mass is 10.2. The highest BCUT2D eigenvalue weighted by Crippen LogP contribution is 1.97. The molecule has 0 aromatic rings. The van der Waals surface area contributed by atoms with Crippen molar-refractivity contribution in [2.45, 2.75) is 26.9 Å². The van der Waals surface area contributed by atoms with Gasteiger partial charge < -0.3 is 0 Å². The molecule has 1 N–H and O–H groups in total. The van der Waals surface area contributed by atoms with Crippen LogP contribution in [-0.4, -0.2) is 17.9 Å². The second-order valence-corrected chi connectivity index (χ2v) is 3.00. The largest absolute Gasteiger partial charge is 0.272 e. The first-order chi connectivity index (χ1) is 5.07. The van der Waals surface area contributed by atoms with Crippen molar-refractivity contribution < 1.29 is 9.63 Å². The zero-order chi connectivity index (χ0) is 8.85. The first kappa shape index (κ1) is 10.7. The normalized spacial score (nSPS) is 13.2. The van der Waals surface area contributed by atoms with Crippen molar-refractivity contribution in [2.75, 3.05) is 5.88 Å². The van der Waals surface area contributed by atoms with Crippen LogP contribution in [0.1, 0.15) is 20.8 Å². The van der Waals surface area contributed by atoms with E-state index in [2.05, 4.69) is 5.48 Å². The molecule has 0 aliphatic heterocycles. The molecule has 1 amide bonds. The number of hydroxylamine groups is 1. The van der Waals surface area contributed by atoms with Gasteiger partial charge in [0.1, 0.15) is 0 Å². The van der Waals surface area contributed by atoms with Crippen LogP contribution in [0.5, 0.6) is 0 Å². The average Bonchev–Trinajstić information content (AvgIpc) is 1.98. The number of halogens is 1. The first-order valence-electron chi connectivity index (χ1n) is 3.59. The number of alkyl halides is 1. The van der Waals surface area contributed by atoms with Crippen LogP contribution in [0.2, 0.25) is 0 Å². The van der Waals surface area contributed by atoms with E-state index in [1.165, 1.54) is 0 Å². The van der Waals surface area contributed by atoms with Crippen molar-refractivity contribution >= 4 is 17.5 Å². The maximum absolute atomic E-state index is 11.0. The Bertz CT molecular complexity index is 128. The van der Waals surface area contributed by atoms with E-state index in [1.54, 1.807) is 6.92 Å². The molecule has 0 saturated carbocycles. The van der Waals surface area contributed by atoms with Crippen molar-refractivity contribution in [3.63, 3.8) is 0 Å². The second-order valence-electron chi connectivity index (χ2n) is 2.69. The van der Waals surface area contributed by atoms with Crippen LogP contribution in [-0.2, 0) is 9.63 Å². The predicted molar refractivity (Wildman–Crippen MR) is 44.2 cm³/mol. The fraction of sp³-hybridized carbons (Fsp3) is 0.857. The smallest absolute Gasteiger partial charge is 0.247 e. The molecule has 3 nitrogen and oxygen atoms in total. The Morgan fingerprint density at radius 3 is 2.45 bits per heavy atom. The van der Waals surface area contributed by atoms with Crippen molar-refractivity contribution in [3.05, 3.63) is 0 Å². The second kappa shape index (κ2) is 5.38. The molecule has 0 aliphatic rings. The highest BCUT2D eigenvalue weighted by Gasteiger charge is 2.11. The summed E-state index contributed by atoms with van der Waals surface area (Å²) in [7, 11) is 0. The minimum absolute atomic E-state index is 0.00137. The summed E-state index contributed by atoms with van der Waals surface area (Å²) in [4.78, 5) is 15.8. The van der Waals surface area contributed by atoms with Gasteiger partial charge in [-0.25, -0.2) is 5.48 Å². The van der Waals surface area contributed by atoms with Gasteiger partial charge in [0.05, 0.1) is 12.0 Å². The molecule has 0 spiro atoms. The zero-order valence-electron chi connectivity index (χ0n) is 7.06. The summed E-state index contributed by atoms with van der Waals surface area (Å²) in [6.45, 7) is 5.42. The third kappa shape index (κ3) is 5.04. The van der Waals surface area contributed by atoms with Crippen LogP contribution < -0.4 is 5.48 Å². The Balaban J connectivity index is 3.52. The van der Waals surface area contributed by atoms with Gasteiger partial charge in [-0.1, -0.05) is 6.92 Å². The van der Waals surface area contributed by atoms with Crippen molar-refractivity contribution in [3.8, 4) is 0 Å². The molecular formula is C7H14ClNO2. The molecular weight excluding hydrogens is 166 g/mol. The minimum atomic E-state index is -0.199. The number of amides is 1. The summed E-state index contributed by atoms with van der Waals surface area (Å²) < 4.78 is 0. The SMILES string of the molecule is CC(C)ONC(=O)C(C)CCl. The lowest BCUT2D eigenvalue weighted by Crippen LogP contribution is -2.32. The molecule has 11 heavy (non-hydrogen) atoms. The highest BCUT2D eigenvalue weighted by molar-refractivity contribution is 6.19. The molecule has 0 bridgehead atoms. The summed E-state index contributed by atoms with van der Waals surface area (Å²) in [5, 5.41) is 0. The molecule has 4 heteroatoms. The Kier molecular flexibility index (Phi) is 5.24. The highest BCUT2D eigenvalue weighted by atomic mass is 35.5. The maximum Gasteiger partial charge on any atom is 0.247 e. The lowest BCUT2D eigenvalue weighted by molar-refractivity contribution is -0.139. The van der Waals surface area contributed by atoms with Gasteiger partial charge in [0.15, 0.2) is 0 Å². The number of carbonyl (C=O) groups is 1. The standard InChI is InChI=1S/C7H14ClNO2/c1-5(2)11-9-7(10)6(3)4-8/h5-6H,4H2,1-3H3,(H,9,10). The summed E-state index contributed by atoms with van der Waals surface area (Å²) in [5.41, 5.74) is 2.31. The van der Waals surface area contributed by atoms with Gasteiger partial charge in [0, 0.05) is 5.88 Å². The van der Waals surface area contributed by atoms with E-state index in [0.717, 1.165) is 0 Å². The van der Waals surface area contributed by atoms with Gasteiger partial charge in [-0.3, -0.25) is 9.63 Å². The Morgan fingerprint density at radius 1 is 1.55 bits per heavy atom. The van der Waals surface area contributed by atoms with Crippen LogP contribution in [0.25, 0.3) is 0 Å². The monoisotopic (exact) mass is 179 g/mol. The van der Waals surface area contributed by atoms with Crippen molar-refractivity contribution in [1.82, 2.24) is 5.48 Å².